The molecular formula is C21H19N3O3. The lowest BCUT2D eigenvalue weighted by atomic mass is 10.1. The molecule has 0 fully saturated rings. The number of hydrogen-bond acceptors (Lipinski definition) is 5. The van der Waals surface area contributed by atoms with Gasteiger partial charge < -0.3 is 14.5 Å². The first kappa shape index (κ1) is 18.2. The lowest BCUT2D eigenvalue weighted by Gasteiger charge is -2.08. The number of hydrogen-bond donors (Lipinski definition) is 1. The fourth-order valence-electron chi connectivity index (χ4n) is 2.49. The largest absolute Gasteiger partial charge is 0.489 e. The topological polar surface area (TPSA) is 88.1 Å². The van der Waals surface area contributed by atoms with Crippen molar-refractivity contribution in [2.45, 2.75) is 27.0 Å². The summed E-state index contributed by atoms with van der Waals surface area (Å²) in [6, 6.07) is 16.3. The molecule has 0 bridgehead atoms. The van der Waals surface area contributed by atoms with Crippen LogP contribution in [0.4, 0.5) is 0 Å². The van der Waals surface area contributed by atoms with E-state index in [1.165, 1.54) is 0 Å². The van der Waals surface area contributed by atoms with E-state index in [-0.39, 0.29) is 19.1 Å². The standard InChI is InChI=1S/C21H19N3O3/c1-14-15(2)27-20(24-14)12-23-21(25)16-7-9-19(10-8-16)26-13-18-6-4-3-5-17(18)11-22/h3-10H,12-13H2,1-2H3,(H,23,25). The highest BCUT2D eigenvalue weighted by atomic mass is 16.5. The minimum absolute atomic E-state index is 0.218. The number of carbonyl (C=O) groups excluding carboxylic acids is 1. The van der Waals surface area contributed by atoms with E-state index < -0.39 is 0 Å². The van der Waals surface area contributed by atoms with E-state index in [2.05, 4.69) is 16.4 Å². The number of amides is 1. The van der Waals surface area contributed by atoms with Crippen LogP contribution in [0.2, 0.25) is 0 Å². The molecule has 0 saturated heterocycles. The van der Waals surface area contributed by atoms with Gasteiger partial charge in [0, 0.05) is 11.1 Å². The summed E-state index contributed by atoms with van der Waals surface area (Å²) in [4.78, 5) is 16.5. The predicted molar refractivity (Wildman–Crippen MR) is 99.1 cm³/mol. The zero-order chi connectivity index (χ0) is 19.2. The fraction of sp³-hybridized carbons (Fsp3) is 0.190. The van der Waals surface area contributed by atoms with Gasteiger partial charge in [-0.25, -0.2) is 4.98 Å². The molecule has 0 atom stereocenters. The van der Waals surface area contributed by atoms with E-state index in [1.54, 1.807) is 30.3 Å². The summed E-state index contributed by atoms with van der Waals surface area (Å²) in [6.07, 6.45) is 0. The van der Waals surface area contributed by atoms with Gasteiger partial charge >= 0.3 is 0 Å². The molecule has 0 saturated carbocycles. The van der Waals surface area contributed by atoms with Crippen molar-refractivity contribution in [3.8, 4) is 11.8 Å². The molecule has 3 aromatic rings. The second-order valence-corrected chi connectivity index (χ2v) is 6.01. The SMILES string of the molecule is Cc1nc(CNC(=O)c2ccc(OCc3ccccc3C#N)cc2)oc1C. The Balaban J connectivity index is 1.56. The number of benzene rings is 2. The highest BCUT2D eigenvalue weighted by Crippen LogP contribution is 2.16. The van der Waals surface area contributed by atoms with Gasteiger partial charge in [0.2, 0.25) is 5.89 Å². The predicted octanol–water partition coefficient (Wildman–Crippen LogP) is 3.67. The molecule has 6 heteroatoms. The Morgan fingerprint density at radius 2 is 1.93 bits per heavy atom. The molecule has 0 aliphatic carbocycles. The van der Waals surface area contributed by atoms with Crippen LogP contribution >= 0.6 is 0 Å². The summed E-state index contributed by atoms with van der Waals surface area (Å²) in [7, 11) is 0. The highest BCUT2D eigenvalue weighted by molar-refractivity contribution is 5.94. The Morgan fingerprint density at radius 1 is 1.19 bits per heavy atom. The number of rotatable bonds is 6. The number of nitrogens with zero attached hydrogens (tertiary/aromatic N) is 2. The number of aryl methyl sites for hydroxylation is 2. The van der Waals surface area contributed by atoms with E-state index in [0.29, 0.717) is 22.8 Å². The second kappa shape index (κ2) is 8.19. The van der Waals surface area contributed by atoms with E-state index in [0.717, 1.165) is 17.0 Å². The van der Waals surface area contributed by atoms with Crippen LogP contribution in [0, 0.1) is 25.2 Å². The van der Waals surface area contributed by atoms with Crippen molar-refractivity contribution in [3.63, 3.8) is 0 Å². The Labute approximate surface area is 157 Å². The Hall–Kier alpha value is -3.59. The number of nitrogens with one attached hydrogen (secondary N) is 1. The number of oxazole rings is 1. The monoisotopic (exact) mass is 361 g/mol. The lowest BCUT2D eigenvalue weighted by molar-refractivity contribution is 0.0947. The van der Waals surface area contributed by atoms with Gasteiger partial charge in [0.25, 0.3) is 5.91 Å². The van der Waals surface area contributed by atoms with Gasteiger partial charge in [-0.1, -0.05) is 18.2 Å². The molecule has 1 amide bonds. The smallest absolute Gasteiger partial charge is 0.251 e. The maximum atomic E-state index is 12.2. The molecule has 2 aromatic carbocycles. The summed E-state index contributed by atoms with van der Waals surface area (Å²) < 4.78 is 11.2. The van der Waals surface area contributed by atoms with Crippen LogP contribution in [0.25, 0.3) is 0 Å². The van der Waals surface area contributed by atoms with E-state index >= 15 is 0 Å². The third kappa shape index (κ3) is 4.53. The molecular weight excluding hydrogens is 342 g/mol. The van der Waals surface area contributed by atoms with Crippen LogP contribution in [0.5, 0.6) is 5.75 Å². The normalized spacial score (nSPS) is 10.3. The van der Waals surface area contributed by atoms with E-state index in [9.17, 15) is 4.79 Å². The first-order valence-electron chi connectivity index (χ1n) is 8.49. The zero-order valence-corrected chi connectivity index (χ0v) is 15.2. The Bertz CT molecular complexity index is 965. The van der Waals surface area contributed by atoms with Crippen molar-refractivity contribution in [1.29, 1.82) is 5.26 Å². The number of aromatic nitrogens is 1. The van der Waals surface area contributed by atoms with Crippen molar-refractivity contribution in [2.75, 3.05) is 0 Å². The average Bonchev–Trinajstić information content (AvgIpc) is 3.02. The Morgan fingerprint density at radius 3 is 2.59 bits per heavy atom. The molecule has 0 aliphatic heterocycles. The van der Waals surface area contributed by atoms with Gasteiger partial charge in [-0.05, 0) is 44.2 Å². The van der Waals surface area contributed by atoms with Gasteiger partial charge in [0.15, 0.2) is 0 Å². The first-order chi connectivity index (χ1) is 13.1. The quantitative estimate of drug-likeness (QED) is 0.724. The number of carbonyl (C=O) groups is 1. The third-order valence-electron chi connectivity index (χ3n) is 4.12. The van der Waals surface area contributed by atoms with Crippen LogP contribution in [-0.4, -0.2) is 10.9 Å². The maximum absolute atomic E-state index is 12.2. The number of nitriles is 1. The van der Waals surface area contributed by atoms with Gasteiger partial charge in [0.1, 0.15) is 18.1 Å². The maximum Gasteiger partial charge on any atom is 0.251 e. The van der Waals surface area contributed by atoms with Crippen LogP contribution in [0.3, 0.4) is 0 Å². The molecule has 1 heterocycles. The van der Waals surface area contributed by atoms with Crippen molar-refractivity contribution >= 4 is 5.91 Å². The van der Waals surface area contributed by atoms with Crippen LogP contribution in [0.15, 0.2) is 52.9 Å². The molecule has 0 aliphatic rings. The highest BCUT2D eigenvalue weighted by Gasteiger charge is 2.10. The molecule has 27 heavy (non-hydrogen) atoms. The molecule has 1 N–H and O–H groups in total. The Kier molecular flexibility index (Phi) is 5.53. The average molecular weight is 361 g/mol. The fourth-order valence-corrected chi connectivity index (χ4v) is 2.49. The van der Waals surface area contributed by atoms with Crippen molar-refractivity contribution in [1.82, 2.24) is 10.3 Å². The molecule has 0 radical (unpaired) electrons. The summed E-state index contributed by atoms with van der Waals surface area (Å²) in [5.74, 6) is 1.64. The van der Waals surface area contributed by atoms with Crippen LogP contribution in [0.1, 0.15) is 38.8 Å². The summed E-state index contributed by atoms with van der Waals surface area (Å²) in [5, 5.41) is 11.9. The molecule has 3 rings (SSSR count). The zero-order valence-electron chi connectivity index (χ0n) is 15.2. The summed E-state index contributed by atoms with van der Waals surface area (Å²) in [5.41, 5.74) is 2.74. The lowest BCUT2D eigenvalue weighted by Crippen LogP contribution is -2.22. The first-order valence-corrected chi connectivity index (χ1v) is 8.49. The number of ether oxygens (including phenoxy) is 1. The van der Waals surface area contributed by atoms with Gasteiger partial charge in [0.05, 0.1) is 23.9 Å². The molecule has 6 nitrogen and oxygen atoms in total. The molecule has 0 unspecified atom stereocenters. The van der Waals surface area contributed by atoms with Gasteiger partial charge in [-0.3, -0.25) is 4.79 Å². The van der Waals surface area contributed by atoms with E-state index in [4.69, 9.17) is 14.4 Å². The van der Waals surface area contributed by atoms with E-state index in [1.807, 2.05) is 32.0 Å². The van der Waals surface area contributed by atoms with Crippen LogP contribution in [-0.2, 0) is 13.2 Å². The van der Waals surface area contributed by atoms with Crippen molar-refractivity contribution < 1.29 is 13.9 Å². The summed E-state index contributed by atoms with van der Waals surface area (Å²) >= 11 is 0. The minimum Gasteiger partial charge on any atom is -0.489 e. The van der Waals surface area contributed by atoms with Crippen molar-refractivity contribution in [3.05, 3.63) is 82.6 Å². The second-order valence-electron chi connectivity index (χ2n) is 6.01. The summed E-state index contributed by atoms with van der Waals surface area (Å²) in [6.45, 7) is 4.22. The minimum atomic E-state index is -0.218. The molecule has 1 aromatic heterocycles. The molecule has 136 valence electrons. The van der Waals surface area contributed by atoms with Gasteiger partial charge in [-0.2, -0.15) is 5.26 Å². The van der Waals surface area contributed by atoms with Crippen LogP contribution < -0.4 is 10.1 Å². The molecule has 0 spiro atoms. The third-order valence-corrected chi connectivity index (χ3v) is 4.12. The van der Waals surface area contributed by atoms with Crippen molar-refractivity contribution in [2.24, 2.45) is 0 Å². The van der Waals surface area contributed by atoms with Gasteiger partial charge in [-0.15, -0.1) is 0 Å².